The third kappa shape index (κ3) is 5.83. The molecular formula is C16H31N3O2. The molecular weight excluding hydrogens is 266 g/mol. The van der Waals surface area contributed by atoms with Gasteiger partial charge in [-0.2, -0.15) is 0 Å². The summed E-state index contributed by atoms with van der Waals surface area (Å²) < 4.78 is 0. The summed E-state index contributed by atoms with van der Waals surface area (Å²) in [4.78, 5) is 14.3. The van der Waals surface area contributed by atoms with Crippen molar-refractivity contribution in [2.45, 2.75) is 51.0 Å². The molecule has 2 aliphatic rings. The monoisotopic (exact) mass is 297 g/mol. The van der Waals surface area contributed by atoms with Crippen LogP contribution < -0.4 is 10.6 Å². The number of nitrogens with zero attached hydrogens (tertiary/aromatic N) is 1. The maximum atomic E-state index is 11.9. The van der Waals surface area contributed by atoms with Crippen molar-refractivity contribution in [3.63, 3.8) is 0 Å². The largest absolute Gasteiger partial charge is 0.396 e. The van der Waals surface area contributed by atoms with E-state index in [0.717, 1.165) is 44.6 Å². The Balaban J connectivity index is 1.54. The van der Waals surface area contributed by atoms with Gasteiger partial charge in [0.2, 0.25) is 0 Å². The Morgan fingerprint density at radius 2 is 1.76 bits per heavy atom. The highest BCUT2D eigenvalue weighted by Gasteiger charge is 2.22. The Labute approximate surface area is 128 Å². The molecule has 0 atom stereocenters. The van der Waals surface area contributed by atoms with E-state index in [-0.39, 0.29) is 18.7 Å². The number of aliphatic hydroxyl groups is 1. The van der Waals surface area contributed by atoms with Crippen molar-refractivity contribution in [2.24, 2.45) is 11.8 Å². The van der Waals surface area contributed by atoms with Crippen LogP contribution in [0.1, 0.15) is 44.9 Å². The molecule has 1 aliphatic carbocycles. The van der Waals surface area contributed by atoms with Crippen LogP contribution in [0, 0.1) is 11.8 Å². The zero-order valence-corrected chi connectivity index (χ0v) is 13.3. The number of urea groups is 1. The molecule has 0 radical (unpaired) electrons. The highest BCUT2D eigenvalue weighted by Crippen LogP contribution is 2.23. The van der Waals surface area contributed by atoms with Gasteiger partial charge in [-0.1, -0.05) is 0 Å². The topological polar surface area (TPSA) is 64.6 Å². The van der Waals surface area contributed by atoms with Gasteiger partial charge < -0.3 is 20.6 Å². The van der Waals surface area contributed by atoms with Crippen LogP contribution in [0.2, 0.25) is 0 Å². The summed E-state index contributed by atoms with van der Waals surface area (Å²) in [6.45, 7) is 3.44. The Bertz CT molecular complexity index is 309. The van der Waals surface area contributed by atoms with Crippen LogP contribution in [0.4, 0.5) is 4.79 Å². The number of hydrogen-bond acceptors (Lipinski definition) is 3. The number of hydrogen-bond donors (Lipinski definition) is 3. The predicted octanol–water partition coefficient (Wildman–Crippen LogP) is 1.57. The maximum Gasteiger partial charge on any atom is 0.315 e. The van der Waals surface area contributed by atoms with E-state index < -0.39 is 0 Å². The van der Waals surface area contributed by atoms with Gasteiger partial charge in [-0.3, -0.25) is 0 Å². The summed E-state index contributed by atoms with van der Waals surface area (Å²) in [6, 6.07) is 0.270. The molecule has 1 saturated carbocycles. The molecule has 1 heterocycles. The first kappa shape index (κ1) is 16.6. The average Bonchev–Trinajstić information content (AvgIpc) is 2.50. The standard InChI is InChI=1S/C16H31N3O2/c1-19-10-7-13(8-11-19)6-9-17-16(21)18-15-4-2-14(12-20)3-5-15/h13-15,20H,2-12H2,1H3,(H2,17,18,21). The van der Waals surface area contributed by atoms with Crippen LogP contribution in [0.3, 0.4) is 0 Å². The van der Waals surface area contributed by atoms with E-state index in [1.54, 1.807) is 0 Å². The van der Waals surface area contributed by atoms with Crippen LogP contribution in [-0.2, 0) is 0 Å². The van der Waals surface area contributed by atoms with Crippen LogP contribution in [0.5, 0.6) is 0 Å². The molecule has 0 bridgehead atoms. The minimum Gasteiger partial charge on any atom is -0.396 e. The summed E-state index contributed by atoms with van der Waals surface area (Å²) in [5.41, 5.74) is 0. The van der Waals surface area contributed by atoms with E-state index in [9.17, 15) is 4.79 Å². The van der Waals surface area contributed by atoms with Crippen LogP contribution in [-0.4, -0.2) is 55.4 Å². The Hall–Kier alpha value is -0.810. The first-order chi connectivity index (χ1) is 10.2. The lowest BCUT2D eigenvalue weighted by atomic mass is 9.87. The van der Waals surface area contributed by atoms with Gasteiger partial charge in [0.05, 0.1) is 0 Å². The summed E-state index contributed by atoms with van der Waals surface area (Å²) >= 11 is 0. The molecule has 0 aromatic heterocycles. The van der Waals surface area contributed by atoms with E-state index >= 15 is 0 Å². The zero-order chi connectivity index (χ0) is 15.1. The quantitative estimate of drug-likeness (QED) is 0.722. The molecule has 0 aromatic rings. The third-order valence-electron chi connectivity index (χ3n) is 5.12. The van der Waals surface area contributed by atoms with Crippen LogP contribution >= 0.6 is 0 Å². The Kier molecular flexibility index (Phi) is 6.77. The van der Waals surface area contributed by atoms with Crippen LogP contribution in [0.15, 0.2) is 0 Å². The van der Waals surface area contributed by atoms with Crippen molar-refractivity contribution < 1.29 is 9.90 Å². The number of piperidine rings is 1. The summed E-state index contributed by atoms with van der Waals surface area (Å²) in [6.07, 6.45) is 7.64. The number of amides is 2. The lowest BCUT2D eigenvalue weighted by Crippen LogP contribution is -2.44. The molecule has 5 heteroatoms. The molecule has 0 spiro atoms. The predicted molar refractivity (Wildman–Crippen MR) is 84.2 cm³/mol. The van der Waals surface area contributed by atoms with Gasteiger partial charge in [0.25, 0.3) is 0 Å². The number of carbonyl (C=O) groups is 1. The second kappa shape index (κ2) is 8.59. The van der Waals surface area contributed by atoms with Gasteiger partial charge in [0.15, 0.2) is 0 Å². The van der Waals surface area contributed by atoms with E-state index in [1.165, 1.54) is 25.9 Å². The number of likely N-dealkylation sites (tertiary alicyclic amines) is 1. The average molecular weight is 297 g/mol. The maximum absolute atomic E-state index is 11.9. The smallest absolute Gasteiger partial charge is 0.315 e. The molecule has 0 aromatic carbocycles. The molecule has 1 aliphatic heterocycles. The normalized spacial score (nSPS) is 28.3. The van der Waals surface area contributed by atoms with Gasteiger partial charge in [0.1, 0.15) is 0 Å². The molecule has 122 valence electrons. The number of rotatable bonds is 5. The molecule has 5 nitrogen and oxygen atoms in total. The molecule has 2 fully saturated rings. The van der Waals surface area contributed by atoms with Crippen molar-refractivity contribution in [1.29, 1.82) is 0 Å². The zero-order valence-electron chi connectivity index (χ0n) is 13.3. The Morgan fingerprint density at radius 3 is 2.38 bits per heavy atom. The molecule has 21 heavy (non-hydrogen) atoms. The van der Waals surface area contributed by atoms with Gasteiger partial charge in [0, 0.05) is 19.2 Å². The van der Waals surface area contributed by atoms with E-state index in [0.29, 0.717) is 5.92 Å². The fourth-order valence-electron chi connectivity index (χ4n) is 3.47. The van der Waals surface area contributed by atoms with E-state index in [4.69, 9.17) is 5.11 Å². The Morgan fingerprint density at radius 1 is 1.10 bits per heavy atom. The first-order valence-corrected chi connectivity index (χ1v) is 8.51. The fourth-order valence-corrected chi connectivity index (χ4v) is 3.47. The summed E-state index contributed by atoms with van der Waals surface area (Å²) in [5, 5.41) is 15.2. The number of carbonyl (C=O) groups excluding carboxylic acids is 1. The minimum atomic E-state index is -0.0182. The van der Waals surface area contributed by atoms with Gasteiger partial charge in [-0.05, 0) is 76.9 Å². The van der Waals surface area contributed by atoms with E-state index in [1.807, 2.05) is 0 Å². The van der Waals surface area contributed by atoms with Crippen molar-refractivity contribution >= 4 is 6.03 Å². The second-order valence-electron chi connectivity index (χ2n) is 6.84. The SMILES string of the molecule is CN1CCC(CCNC(=O)NC2CCC(CO)CC2)CC1. The number of aliphatic hydroxyl groups excluding tert-OH is 1. The lowest BCUT2D eigenvalue weighted by Gasteiger charge is -2.29. The highest BCUT2D eigenvalue weighted by molar-refractivity contribution is 5.74. The van der Waals surface area contributed by atoms with Crippen molar-refractivity contribution in [3.8, 4) is 0 Å². The molecule has 2 amide bonds. The third-order valence-corrected chi connectivity index (χ3v) is 5.12. The molecule has 3 N–H and O–H groups in total. The molecule has 0 unspecified atom stereocenters. The second-order valence-corrected chi connectivity index (χ2v) is 6.84. The van der Waals surface area contributed by atoms with Gasteiger partial charge >= 0.3 is 6.03 Å². The van der Waals surface area contributed by atoms with Gasteiger partial charge in [-0.15, -0.1) is 0 Å². The summed E-state index contributed by atoms with van der Waals surface area (Å²) in [5.74, 6) is 1.21. The molecule has 1 saturated heterocycles. The summed E-state index contributed by atoms with van der Waals surface area (Å²) in [7, 11) is 2.17. The van der Waals surface area contributed by atoms with Gasteiger partial charge in [-0.25, -0.2) is 4.79 Å². The molecule has 2 rings (SSSR count). The van der Waals surface area contributed by atoms with Crippen molar-refractivity contribution in [2.75, 3.05) is 33.3 Å². The fraction of sp³-hybridized carbons (Fsp3) is 0.938. The van der Waals surface area contributed by atoms with Crippen LogP contribution in [0.25, 0.3) is 0 Å². The highest BCUT2D eigenvalue weighted by atomic mass is 16.3. The lowest BCUT2D eigenvalue weighted by molar-refractivity contribution is 0.174. The first-order valence-electron chi connectivity index (χ1n) is 8.51. The van der Waals surface area contributed by atoms with Crippen molar-refractivity contribution in [1.82, 2.24) is 15.5 Å². The van der Waals surface area contributed by atoms with E-state index in [2.05, 4.69) is 22.6 Å². The minimum absolute atomic E-state index is 0.0182. The van der Waals surface area contributed by atoms with Crippen molar-refractivity contribution in [3.05, 3.63) is 0 Å². The number of nitrogens with one attached hydrogen (secondary N) is 2.